The number of aliphatic hydroxyl groups excluding tert-OH is 2. The van der Waals surface area contributed by atoms with E-state index in [1.54, 1.807) is 6.08 Å². The van der Waals surface area contributed by atoms with E-state index in [0.29, 0.717) is 5.92 Å². The van der Waals surface area contributed by atoms with Gasteiger partial charge in [-0.15, -0.1) is 0 Å². The smallest absolute Gasteiger partial charge is 0.0612 e. The molecule has 0 aliphatic rings. The van der Waals surface area contributed by atoms with E-state index in [-0.39, 0.29) is 13.2 Å². The monoisotopic (exact) mass is 186 g/mol. The highest BCUT2D eigenvalue weighted by Crippen LogP contribution is 2.15. The van der Waals surface area contributed by atoms with Crippen LogP contribution >= 0.6 is 0 Å². The summed E-state index contributed by atoms with van der Waals surface area (Å²) in [6.07, 6.45) is 9.39. The van der Waals surface area contributed by atoms with E-state index in [2.05, 4.69) is 13.0 Å². The zero-order valence-electron chi connectivity index (χ0n) is 8.58. The molecule has 1 atom stereocenters. The molecule has 0 amide bonds. The third kappa shape index (κ3) is 8.00. The SMILES string of the molecule is CCCC[C@H](/C=C/CO)CCCO. The second-order valence-corrected chi connectivity index (χ2v) is 3.38. The minimum absolute atomic E-state index is 0.127. The van der Waals surface area contributed by atoms with Gasteiger partial charge in [0, 0.05) is 6.61 Å². The Balaban J connectivity index is 3.66. The van der Waals surface area contributed by atoms with Crippen LogP contribution in [0, 0.1) is 5.92 Å². The van der Waals surface area contributed by atoms with Gasteiger partial charge in [-0.3, -0.25) is 0 Å². The first kappa shape index (κ1) is 12.7. The quantitative estimate of drug-likeness (QED) is 0.570. The maximum Gasteiger partial charge on any atom is 0.0612 e. The maximum absolute atomic E-state index is 8.69. The first-order valence-electron chi connectivity index (χ1n) is 5.23. The van der Waals surface area contributed by atoms with Crippen molar-refractivity contribution in [3.63, 3.8) is 0 Å². The second kappa shape index (κ2) is 9.75. The average Bonchev–Trinajstić information content (AvgIpc) is 2.17. The lowest BCUT2D eigenvalue weighted by molar-refractivity contribution is 0.274. The van der Waals surface area contributed by atoms with Gasteiger partial charge in [0.05, 0.1) is 6.61 Å². The molecule has 0 heterocycles. The fourth-order valence-electron chi connectivity index (χ4n) is 1.41. The zero-order valence-corrected chi connectivity index (χ0v) is 8.58. The lowest BCUT2D eigenvalue weighted by Crippen LogP contribution is -1.98. The fourth-order valence-corrected chi connectivity index (χ4v) is 1.41. The number of unbranched alkanes of at least 4 members (excludes halogenated alkanes) is 1. The maximum atomic E-state index is 8.69. The predicted molar refractivity (Wildman–Crippen MR) is 55.6 cm³/mol. The van der Waals surface area contributed by atoms with Crippen LogP contribution in [-0.2, 0) is 0 Å². The van der Waals surface area contributed by atoms with E-state index in [9.17, 15) is 0 Å². The van der Waals surface area contributed by atoms with E-state index in [4.69, 9.17) is 10.2 Å². The standard InChI is InChI=1S/C11H22O2/c1-2-3-6-11(7-4-9-12)8-5-10-13/h4,7,11-13H,2-3,5-6,8-10H2,1H3/b7-4+/t11-/m1/s1. The fraction of sp³-hybridized carbons (Fsp3) is 0.818. The average molecular weight is 186 g/mol. The molecule has 2 nitrogen and oxygen atoms in total. The molecule has 13 heavy (non-hydrogen) atoms. The first-order chi connectivity index (χ1) is 6.35. The van der Waals surface area contributed by atoms with Crippen LogP contribution < -0.4 is 0 Å². The number of rotatable bonds is 8. The summed E-state index contributed by atoms with van der Waals surface area (Å²) in [7, 11) is 0. The summed E-state index contributed by atoms with van der Waals surface area (Å²) in [5.41, 5.74) is 0. The van der Waals surface area contributed by atoms with Gasteiger partial charge < -0.3 is 10.2 Å². The molecule has 2 heteroatoms. The highest BCUT2D eigenvalue weighted by molar-refractivity contribution is 4.87. The van der Waals surface area contributed by atoms with Gasteiger partial charge in [0.15, 0.2) is 0 Å². The van der Waals surface area contributed by atoms with Gasteiger partial charge in [-0.2, -0.15) is 0 Å². The van der Waals surface area contributed by atoms with Gasteiger partial charge in [-0.05, 0) is 25.2 Å². The van der Waals surface area contributed by atoms with Crippen LogP contribution in [0.5, 0.6) is 0 Å². The van der Waals surface area contributed by atoms with Crippen molar-refractivity contribution in [3.05, 3.63) is 12.2 Å². The first-order valence-corrected chi connectivity index (χ1v) is 5.23. The van der Waals surface area contributed by atoms with Gasteiger partial charge in [0.25, 0.3) is 0 Å². The molecule has 0 aromatic rings. The van der Waals surface area contributed by atoms with Gasteiger partial charge in [-0.25, -0.2) is 0 Å². The number of hydrogen-bond acceptors (Lipinski definition) is 2. The Morgan fingerprint density at radius 3 is 2.38 bits per heavy atom. The van der Waals surface area contributed by atoms with Gasteiger partial charge >= 0.3 is 0 Å². The van der Waals surface area contributed by atoms with Gasteiger partial charge in [0.1, 0.15) is 0 Å². The van der Waals surface area contributed by atoms with E-state index in [1.807, 2.05) is 0 Å². The Kier molecular flexibility index (Phi) is 9.49. The van der Waals surface area contributed by atoms with Crippen molar-refractivity contribution < 1.29 is 10.2 Å². The van der Waals surface area contributed by atoms with Crippen molar-refractivity contribution in [1.29, 1.82) is 0 Å². The van der Waals surface area contributed by atoms with Crippen molar-refractivity contribution in [2.75, 3.05) is 13.2 Å². The van der Waals surface area contributed by atoms with Crippen LogP contribution in [0.25, 0.3) is 0 Å². The number of hydrogen-bond donors (Lipinski definition) is 2. The Morgan fingerprint density at radius 2 is 1.85 bits per heavy atom. The van der Waals surface area contributed by atoms with Gasteiger partial charge in [0.2, 0.25) is 0 Å². The molecule has 0 radical (unpaired) electrons. The predicted octanol–water partition coefficient (Wildman–Crippen LogP) is 2.11. The van der Waals surface area contributed by atoms with E-state index in [1.165, 1.54) is 19.3 Å². The van der Waals surface area contributed by atoms with Crippen molar-refractivity contribution in [2.24, 2.45) is 5.92 Å². The molecule has 0 fully saturated rings. The van der Waals surface area contributed by atoms with Crippen LogP contribution in [0.4, 0.5) is 0 Å². The molecule has 0 unspecified atom stereocenters. The zero-order chi connectivity index (χ0) is 9.94. The number of allylic oxidation sites excluding steroid dienone is 1. The van der Waals surface area contributed by atoms with E-state index >= 15 is 0 Å². The summed E-state index contributed by atoms with van der Waals surface area (Å²) in [5, 5.41) is 17.3. The molecule has 0 bridgehead atoms. The van der Waals surface area contributed by atoms with Crippen molar-refractivity contribution in [3.8, 4) is 0 Å². The Hall–Kier alpha value is -0.340. The second-order valence-electron chi connectivity index (χ2n) is 3.38. The van der Waals surface area contributed by atoms with Crippen molar-refractivity contribution >= 4 is 0 Å². The summed E-state index contributed by atoms with van der Waals surface area (Å²) in [5.74, 6) is 0.541. The summed E-state index contributed by atoms with van der Waals surface area (Å²) in [4.78, 5) is 0. The van der Waals surface area contributed by atoms with Crippen molar-refractivity contribution in [2.45, 2.75) is 39.0 Å². The molecular formula is C11H22O2. The van der Waals surface area contributed by atoms with E-state index < -0.39 is 0 Å². The van der Waals surface area contributed by atoms with Crippen LogP contribution in [0.3, 0.4) is 0 Å². The lowest BCUT2D eigenvalue weighted by atomic mass is 9.96. The summed E-state index contributed by atoms with van der Waals surface area (Å²) < 4.78 is 0. The summed E-state index contributed by atoms with van der Waals surface area (Å²) >= 11 is 0. The molecular weight excluding hydrogens is 164 g/mol. The van der Waals surface area contributed by atoms with Crippen LogP contribution in [0.1, 0.15) is 39.0 Å². The molecule has 0 saturated heterocycles. The van der Waals surface area contributed by atoms with Crippen LogP contribution in [-0.4, -0.2) is 23.4 Å². The normalized spacial score (nSPS) is 13.8. The molecule has 0 aromatic heterocycles. The summed E-state index contributed by atoms with van der Waals surface area (Å²) in [6.45, 7) is 2.58. The Bertz CT molecular complexity index is 113. The lowest BCUT2D eigenvalue weighted by Gasteiger charge is -2.10. The topological polar surface area (TPSA) is 40.5 Å². The molecule has 78 valence electrons. The van der Waals surface area contributed by atoms with Crippen LogP contribution in [0.15, 0.2) is 12.2 Å². The highest BCUT2D eigenvalue weighted by atomic mass is 16.3. The largest absolute Gasteiger partial charge is 0.396 e. The molecule has 0 rings (SSSR count). The van der Waals surface area contributed by atoms with E-state index in [0.717, 1.165) is 12.8 Å². The summed E-state index contributed by atoms with van der Waals surface area (Å²) in [6, 6.07) is 0. The highest BCUT2D eigenvalue weighted by Gasteiger charge is 2.02. The Morgan fingerprint density at radius 1 is 1.15 bits per heavy atom. The van der Waals surface area contributed by atoms with Gasteiger partial charge in [-0.1, -0.05) is 31.9 Å². The molecule has 0 saturated carbocycles. The third-order valence-corrected chi connectivity index (χ3v) is 2.18. The molecule has 0 spiro atoms. The Labute approximate surface area is 81.3 Å². The molecule has 0 aliphatic carbocycles. The molecule has 0 aliphatic heterocycles. The number of aliphatic hydroxyl groups is 2. The third-order valence-electron chi connectivity index (χ3n) is 2.18. The minimum Gasteiger partial charge on any atom is -0.396 e. The molecule has 2 N–H and O–H groups in total. The van der Waals surface area contributed by atoms with Crippen molar-refractivity contribution in [1.82, 2.24) is 0 Å². The minimum atomic E-state index is 0.127. The molecule has 0 aromatic carbocycles. The van der Waals surface area contributed by atoms with Crippen LogP contribution in [0.2, 0.25) is 0 Å².